The molecule has 3 heterocycles. The summed E-state index contributed by atoms with van der Waals surface area (Å²) in [4.78, 5) is 39.7. The average molecular weight is 345 g/mol. The Kier molecular flexibility index (Phi) is 3.48. The second-order valence-electron chi connectivity index (χ2n) is 7.41. The van der Waals surface area contributed by atoms with E-state index in [-0.39, 0.29) is 11.8 Å². The average Bonchev–Trinajstić information content (AvgIpc) is 3.08. The van der Waals surface area contributed by atoms with Gasteiger partial charge in [-0.15, -0.1) is 0 Å². The van der Waals surface area contributed by atoms with Crippen LogP contribution < -0.4 is 0 Å². The summed E-state index contributed by atoms with van der Waals surface area (Å²) in [6, 6.07) is -0.263. The van der Waals surface area contributed by atoms with E-state index < -0.39 is 17.1 Å². The van der Waals surface area contributed by atoms with E-state index in [4.69, 9.17) is 9.47 Å². The van der Waals surface area contributed by atoms with E-state index in [2.05, 4.69) is 4.90 Å². The number of esters is 1. The fourth-order valence-corrected chi connectivity index (χ4v) is 5.57. The second kappa shape index (κ2) is 5.27. The number of carbonyl (C=O) groups excluding carboxylic acids is 3. The number of hydrogen-bond acceptors (Lipinski definition) is 6. The Morgan fingerprint density at radius 2 is 2.00 bits per heavy atom. The molecule has 0 aromatic carbocycles. The lowest BCUT2D eigenvalue weighted by Crippen LogP contribution is -2.65. The summed E-state index contributed by atoms with van der Waals surface area (Å²) in [7, 11) is 1.48. The summed E-state index contributed by atoms with van der Waals surface area (Å²) in [5, 5.41) is 0. The molecular weight excluding hydrogens is 322 g/mol. The lowest BCUT2D eigenvalue weighted by Gasteiger charge is -2.46. The first-order chi connectivity index (χ1) is 12.0. The van der Waals surface area contributed by atoms with Crippen molar-refractivity contribution in [1.82, 2.24) is 4.90 Å². The zero-order valence-corrected chi connectivity index (χ0v) is 14.9. The Bertz CT molecular complexity index is 751. The molecule has 0 bridgehead atoms. The van der Waals surface area contributed by atoms with Gasteiger partial charge in [-0.05, 0) is 63.6 Å². The number of methoxy groups -OCH3 is 1. The maximum absolute atomic E-state index is 13.4. The van der Waals surface area contributed by atoms with Gasteiger partial charge in [-0.25, -0.2) is 4.79 Å². The van der Waals surface area contributed by atoms with Gasteiger partial charge in [0.1, 0.15) is 6.29 Å². The molecule has 0 unspecified atom stereocenters. The Labute approximate surface area is 146 Å². The van der Waals surface area contributed by atoms with Crippen LogP contribution in [0.3, 0.4) is 0 Å². The van der Waals surface area contributed by atoms with Crippen LogP contribution in [0.15, 0.2) is 22.5 Å². The Hall–Kier alpha value is -1.95. The first-order valence-electron chi connectivity index (χ1n) is 8.91. The minimum atomic E-state index is -1.47. The van der Waals surface area contributed by atoms with E-state index in [0.29, 0.717) is 36.3 Å². The number of aldehydes is 1. The molecule has 1 aliphatic carbocycles. The third kappa shape index (κ3) is 1.66. The van der Waals surface area contributed by atoms with Gasteiger partial charge in [-0.3, -0.25) is 9.69 Å². The highest BCUT2D eigenvalue weighted by molar-refractivity contribution is 6.14. The van der Waals surface area contributed by atoms with Gasteiger partial charge >= 0.3 is 5.97 Å². The predicted octanol–water partition coefficient (Wildman–Crippen LogP) is 1.69. The van der Waals surface area contributed by atoms with Crippen LogP contribution in [0, 0.1) is 0 Å². The monoisotopic (exact) mass is 345 g/mol. The number of Topliss-reactive ketones (excluding diaryl/α,β-unsaturated/α-hetero) is 1. The fraction of sp³-hybridized carbons (Fsp3) is 0.632. The molecule has 3 aliphatic heterocycles. The zero-order chi connectivity index (χ0) is 18.0. The van der Waals surface area contributed by atoms with E-state index in [0.717, 1.165) is 31.1 Å². The van der Waals surface area contributed by atoms with E-state index in [1.54, 1.807) is 6.92 Å². The number of ether oxygens (including phenoxy) is 2. The van der Waals surface area contributed by atoms with Crippen LogP contribution >= 0.6 is 0 Å². The van der Waals surface area contributed by atoms with Gasteiger partial charge in [0.15, 0.2) is 5.76 Å². The van der Waals surface area contributed by atoms with Crippen molar-refractivity contribution in [3.63, 3.8) is 0 Å². The van der Waals surface area contributed by atoms with Crippen molar-refractivity contribution in [1.29, 1.82) is 0 Å². The Balaban J connectivity index is 2.02. The van der Waals surface area contributed by atoms with Gasteiger partial charge in [0.05, 0.1) is 24.3 Å². The molecule has 0 saturated carbocycles. The Morgan fingerprint density at radius 3 is 2.68 bits per heavy atom. The SMILES string of the molecule is COC1=C(C)C(=O)O[C@]12C(=O)C(C)=C1CCCCN3[C@@H](C=O)CC[C@@]132. The molecule has 2 spiro atoms. The van der Waals surface area contributed by atoms with Gasteiger partial charge in [0.25, 0.3) is 5.60 Å². The van der Waals surface area contributed by atoms with E-state index in [1.807, 2.05) is 6.92 Å². The molecule has 0 amide bonds. The van der Waals surface area contributed by atoms with Crippen LogP contribution in [0.5, 0.6) is 0 Å². The lowest BCUT2D eigenvalue weighted by molar-refractivity contribution is -0.167. The van der Waals surface area contributed by atoms with Gasteiger partial charge in [-0.1, -0.05) is 0 Å². The molecule has 2 saturated heterocycles. The number of nitrogens with zero attached hydrogens (tertiary/aromatic N) is 1. The molecule has 3 atom stereocenters. The van der Waals surface area contributed by atoms with Crippen LogP contribution in [0.1, 0.15) is 46.0 Å². The van der Waals surface area contributed by atoms with Crippen LogP contribution in [0.2, 0.25) is 0 Å². The smallest absolute Gasteiger partial charge is 0.338 e. The topological polar surface area (TPSA) is 72.9 Å². The van der Waals surface area contributed by atoms with Gasteiger partial charge in [0, 0.05) is 0 Å². The largest absolute Gasteiger partial charge is 0.496 e. The van der Waals surface area contributed by atoms with Crippen molar-refractivity contribution in [2.75, 3.05) is 13.7 Å². The molecule has 4 aliphatic rings. The van der Waals surface area contributed by atoms with Crippen molar-refractivity contribution in [2.24, 2.45) is 0 Å². The van der Waals surface area contributed by atoms with Crippen molar-refractivity contribution in [3.05, 3.63) is 22.5 Å². The molecule has 134 valence electrons. The molecule has 0 N–H and O–H groups in total. The number of ketones is 1. The first kappa shape index (κ1) is 16.5. The summed E-state index contributed by atoms with van der Waals surface area (Å²) in [6.07, 6.45) is 4.92. The summed E-state index contributed by atoms with van der Waals surface area (Å²) in [5.74, 6) is -0.384. The van der Waals surface area contributed by atoms with Crippen molar-refractivity contribution in [3.8, 4) is 0 Å². The fourth-order valence-electron chi connectivity index (χ4n) is 5.57. The van der Waals surface area contributed by atoms with E-state index in [1.165, 1.54) is 7.11 Å². The predicted molar refractivity (Wildman–Crippen MR) is 88.6 cm³/mol. The van der Waals surface area contributed by atoms with Crippen LogP contribution in [0.4, 0.5) is 0 Å². The van der Waals surface area contributed by atoms with Crippen LogP contribution in [-0.2, 0) is 23.9 Å². The molecule has 0 aromatic rings. The van der Waals surface area contributed by atoms with Crippen LogP contribution in [0.25, 0.3) is 0 Å². The molecule has 6 heteroatoms. The summed E-state index contributed by atoms with van der Waals surface area (Å²) >= 11 is 0. The van der Waals surface area contributed by atoms with Gasteiger partial charge < -0.3 is 14.3 Å². The standard InChI is InChI=1S/C19H23NO5/c1-11-14-6-4-5-9-20-13(10-21)7-8-18(14,20)19(15(11)22)16(24-3)12(2)17(23)25-19/h10,13H,4-9H2,1-3H3/t13-,18+,19-/m1/s1. The summed E-state index contributed by atoms with van der Waals surface area (Å²) in [6.45, 7) is 4.17. The highest BCUT2D eigenvalue weighted by Crippen LogP contribution is 2.61. The molecule has 25 heavy (non-hydrogen) atoms. The zero-order valence-electron chi connectivity index (χ0n) is 14.9. The second-order valence-corrected chi connectivity index (χ2v) is 7.41. The highest BCUT2D eigenvalue weighted by atomic mass is 16.6. The maximum atomic E-state index is 13.4. The lowest BCUT2D eigenvalue weighted by atomic mass is 9.73. The molecule has 0 radical (unpaired) electrons. The van der Waals surface area contributed by atoms with E-state index in [9.17, 15) is 14.4 Å². The molecule has 0 aromatic heterocycles. The maximum Gasteiger partial charge on any atom is 0.338 e. The van der Waals surface area contributed by atoms with Gasteiger partial charge in [0.2, 0.25) is 5.78 Å². The number of carbonyl (C=O) groups is 3. The molecule has 2 fully saturated rings. The summed E-state index contributed by atoms with van der Waals surface area (Å²) in [5.41, 5.74) is -0.218. The third-order valence-electron chi connectivity index (χ3n) is 6.54. The first-order valence-corrected chi connectivity index (χ1v) is 8.91. The third-order valence-corrected chi connectivity index (χ3v) is 6.54. The highest BCUT2D eigenvalue weighted by Gasteiger charge is 2.75. The van der Waals surface area contributed by atoms with Crippen LogP contribution in [-0.4, -0.2) is 53.8 Å². The van der Waals surface area contributed by atoms with Gasteiger partial charge in [-0.2, -0.15) is 0 Å². The molecule has 6 nitrogen and oxygen atoms in total. The minimum absolute atomic E-state index is 0.192. The minimum Gasteiger partial charge on any atom is -0.496 e. The molecule has 4 rings (SSSR count). The van der Waals surface area contributed by atoms with Crippen molar-refractivity contribution < 1.29 is 23.9 Å². The Morgan fingerprint density at radius 1 is 1.24 bits per heavy atom. The van der Waals surface area contributed by atoms with Crippen molar-refractivity contribution in [2.45, 2.75) is 63.1 Å². The van der Waals surface area contributed by atoms with E-state index >= 15 is 0 Å². The van der Waals surface area contributed by atoms with Crippen molar-refractivity contribution >= 4 is 18.0 Å². The molecular formula is C19H23NO5. The normalized spacial score (nSPS) is 38.1. The summed E-state index contributed by atoms with van der Waals surface area (Å²) < 4.78 is 11.4. The number of hydrogen-bond donors (Lipinski definition) is 0. The quantitative estimate of drug-likeness (QED) is 0.560. The number of rotatable bonds is 2.